The van der Waals surface area contributed by atoms with Crippen molar-refractivity contribution >= 4 is 28.9 Å². The molecule has 3 rings (SSSR count). The third kappa shape index (κ3) is 4.88. The Kier molecular flexibility index (Phi) is 6.08. The van der Waals surface area contributed by atoms with Crippen LogP contribution in [0, 0.1) is 10.1 Å². The van der Waals surface area contributed by atoms with Gasteiger partial charge in [0, 0.05) is 55.2 Å². The molecule has 2 aromatic carbocycles. The second-order valence-corrected chi connectivity index (χ2v) is 6.81. The SMILES string of the molecule is COC(=O)c1cc(C(=O)Nc2ccc(N3CCN(C)CC3)cc2)cc([N+](=O)[O-])c1. The first-order valence-corrected chi connectivity index (χ1v) is 9.10. The number of esters is 1. The Morgan fingerprint density at radius 1 is 1.03 bits per heavy atom. The van der Waals surface area contributed by atoms with Gasteiger partial charge in [-0.1, -0.05) is 0 Å². The van der Waals surface area contributed by atoms with E-state index in [1.807, 2.05) is 12.1 Å². The molecule has 1 aliphatic heterocycles. The van der Waals surface area contributed by atoms with Gasteiger partial charge in [0.1, 0.15) is 0 Å². The van der Waals surface area contributed by atoms with E-state index in [-0.39, 0.29) is 16.8 Å². The molecule has 2 aromatic rings. The summed E-state index contributed by atoms with van der Waals surface area (Å²) in [5, 5.41) is 13.8. The number of non-ortho nitro benzene ring substituents is 1. The maximum Gasteiger partial charge on any atom is 0.338 e. The van der Waals surface area contributed by atoms with E-state index in [9.17, 15) is 19.7 Å². The van der Waals surface area contributed by atoms with Crippen LogP contribution < -0.4 is 10.2 Å². The lowest BCUT2D eigenvalue weighted by Crippen LogP contribution is -2.44. The first-order chi connectivity index (χ1) is 13.9. The number of rotatable bonds is 5. The number of nitro benzene ring substituents is 1. The van der Waals surface area contributed by atoms with Crippen molar-refractivity contribution in [2.45, 2.75) is 0 Å². The van der Waals surface area contributed by atoms with Gasteiger partial charge in [-0.15, -0.1) is 0 Å². The van der Waals surface area contributed by atoms with Gasteiger partial charge in [-0.05, 0) is 37.4 Å². The number of ether oxygens (including phenoxy) is 1. The Morgan fingerprint density at radius 2 is 1.66 bits per heavy atom. The molecule has 29 heavy (non-hydrogen) atoms. The second kappa shape index (κ2) is 8.70. The molecule has 0 aliphatic carbocycles. The molecule has 152 valence electrons. The minimum atomic E-state index is -0.751. The van der Waals surface area contributed by atoms with Gasteiger partial charge in [-0.2, -0.15) is 0 Å². The normalized spacial score (nSPS) is 14.3. The summed E-state index contributed by atoms with van der Waals surface area (Å²) in [6.07, 6.45) is 0. The standard InChI is InChI=1S/C20H22N4O5/c1-22-7-9-23(10-8-22)17-5-3-16(4-6-17)21-19(25)14-11-15(20(26)29-2)13-18(12-14)24(27)28/h3-6,11-13H,7-10H2,1-2H3,(H,21,25). The minimum absolute atomic E-state index is 0.00254. The molecule has 1 amide bonds. The van der Waals surface area contributed by atoms with Gasteiger partial charge >= 0.3 is 5.97 Å². The number of hydrogen-bond acceptors (Lipinski definition) is 7. The maximum absolute atomic E-state index is 12.6. The van der Waals surface area contributed by atoms with Crippen molar-refractivity contribution in [3.63, 3.8) is 0 Å². The van der Waals surface area contributed by atoms with Crippen LogP contribution in [0.4, 0.5) is 17.1 Å². The van der Waals surface area contributed by atoms with Crippen LogP contribution in [0.1, 0.15) is 20.7 Å². The molecule has 1 saturated heterocycles. The Balaban J connectivity index is 1.75. The molecule has 9 nitrogen and oxygen atoms in total. The van der Waals surface area contributed by atoms with E-state index in [0.717, 1.165) is 44.0 Å². The average molecular weight is 398 g/mol. The van der Waals surface area contributed by atoms with Crippen LogP contribution >= 0.6 is 0 Å². The van der Waals surface area contributed by atoms with Gasteiger partial charge in [-0.3, -0.25) is 14.9 Å². The molecule has 0 aromatic heterocycles. The zero-order chi connectivity index (χ0) is 21.0. The predicted octanol–water partition coefficient (Wildman–Crippen LogP) is 2.39. The van der Waals surface area contributed by atoms with Crippen LogP contribution in [0.3, 0.4) is 0 Å². The van der Waals surface area contributed by atoms with Crippen LogP contribution in [0.5, 0.6) is 0 Å². The number of hydrogen-bond donors (Lipinski definition) is 1. The van der Waals surface area contributed by atoms with Gasteiger partial charge in [0.2, 0.25) is 0 Å². The number of carbonyl (C=O) groups excluding carboxylic acids is 2. The number of nitro groups is 1. The minimum Gasteiger partial charge on any atom is -0.465 e. The van der Waals surface area contributed by atoms with Crippen LogP contribution in [0.2, 0.25) is 0 Å². The van der Waals surface area contributed by atoms with Crippen LogP contribution in [0.25, 0.3) is 0 Å². The van der Waals surface area contributed by atoms with Crippen molar-refractivity contribution in [2.24, 2.45) is 0 Å². The summed E-state index contributed by atoms with van der Waals surface area (Å²) in [6, 6.07) is 10.9. The molecular formula is C20H22N4O5. The summed E-state index contributed by atoms with van der Waals surface area (Å²) in [6.45, 7) is 3.86. The zero-order valence-corrected chi connectivity index (χ0v) is 16.3. The molecule has 1 heterocycles. The quantitative estimate of drug-likeness (QED) is 0.468. The van der Waals surface area contributed by atoms with Gasteiger partial charge < -0.3 is 19.9 Å². The fourth-order valence-electron chi connectivity index (χ4n) is 3.11. The molecule has 0 radical (unpaired) electrons. The summed E-state index contributed by atoms with van der Waals surface area (Å²) in [4.78, 5) is 39.3. The number of anilines is 2. The van der Waals surface area contributed by atoms with Crippen molar-refractivity contribution in [3.8, 4) is 0 Å². The van der Waals surface area contributed by atoms with E-state index in [0.29, 0.717) is 5.69 Å². The Labute approximate surface area is 168 Å². The molecule has 0 unspecified atom stereocenters. The van der Waals surface area contributed by atoms with Gasteiger partial charge in [-0.25, -0.2) is 4.79 Å². The monoisotopic (exact) mass is 398 g/mol. The van der Waals surface area contributed by atoms with Crippen LogP contribution in [-0.4, -0.2) is 62.0 Å². The van der Waals surface area contributed by atoms with Crippen LogP contribution in [-0.2, 0) is 4.74 Å². The van der Waals surface area contributed by atoms with E-state index >= 15 is 0 Å². The number of carbonyl (C=O) groups is 2. The summed E-state index contributed by atoms with van der Waals surface area (Å²) in [7, 11) is 3.26. The van der Waals surface area contributed by atoms with Gasteiger partial charge in [0.15, 0.2) is 0 Å². The number of likely N-dealkylation sites (N-methyl/N-ethyl adjacent to an activating group) is 1. The van der Waals surface area contributed by atoms with Gasteiger partial charge in [0.05, 0.1) is 17.6 Å². The zero-order valence-electron chi connectivity index (χ0n) is 16.3. The Hall–Kier alpha value is -3.46. The molecule has 9 heteroatoms. The average Bonchev–Trinajstić information content (AvgIpc) is 2.74. The molecule has 0 bridgehead atoms. The molecule has 0 spiro atoms. The first-order valence-electron chi connectivity index (χ1n) is 9.10. The smallest absolute Gasteiger partial charge is 0.338 e. The highest BCUT2D eigenvalue weighted by atomic mass is 16.6. The second-order valence-electron chi connectivity index (χ2n) is 6.81. The summed E-state index contributed by atoms with van der Waals surface area (Å²) >= 11 is 0. The third-order valence-corrected chi connectivity index (χ3v) is 4.81. The van der Waals surface area contributed by atoms with E-state index < -0.39 is 16.8 Å². The molecule has 1 fully saturated rings. The highest BCUT2D eigenvalue weighted by Gasteiger charge is 2.19. The number of nitrogens with one attached hydrogen (secondary N) is 1. The fraction of sp³-hybridized carbons (Fsp3) is 0.300. The van der Waals surface area contributed by atoms with Gasteiger partial charge in [0.25, 0.3) is 11.6 Å². The van der Waals surface area contributed by atoms with E-state index in [4.69, 9.17) is 0 Å². The number of amides is 1. The lowest BCUT2D eigenvalue weighted by Gasteiger charge is -2.34. The summed E-state index contributed by atoms with van der Waals surface area (Å²) in [5.74, 6) is -1.30. The summed E-state index contributed by atoms with van der Waals surface area (Å²) in [5.41, 5.74) is 1.21. The number of benzene rings is 2. The molecule has 0 saturated carbocycles. The van der Waals surface area contributed by atoms with Crippen molar-refractivity contribution in [2.75, 3.05) is 50.6 Å². The molecular weight excluding hydrogens is 376 g/mol. The number of nitrogens with zero attached hydrogens (tertiary/aromatic N) is 3. The van der Waals surface area contributed by atoms with Crippen molar-refractivity contribution < 1.29 is 19.2 Å². The van der Waals surface area contributed by atoms with E-state index in [2.05, 4.69) is 26.9 Å². The largest absolute Gasteiger partial charge is 0.465 e. The lowest BCUT2D eigenvalue weighted by atomic mass is 10.1. The first kappa shape index (κ1) is 20.3. The topological polar surface area (TPSA) is 105 Å². The predicted molar refractivity (Wildman–Crippen MR) is 109 cm³/mol. The Morgan fingerprint density at radius 3 is 2.24 bits per heavy atom. The van der Waals surface area contributed by atoms with Crippen molar-refractivity contribution in [3.05, 3.63) is 63.7 Å². The maximum atomic E-state index is 12.6. The highest BCUT2D eigenvalue weighted by Crippen LogP contribution is 2.22. The van der Waals surface area contributed by atoms with Crippen molar-refractivity contribution in [1.29, 1.82) is 0 Å². The summed E-state index contributed by atoms with van der Waals surface area (Å²) < 4.78 is 4.60. The number of piperazine rings is 1. The molecule has 1 aliphatic rings. The molecule has 1 N–H and O–H groups in total. The molecule has 0 atom stereocenters. The van der Waals surface area contributed by atoms with Crippen LogP contribution in [0.15, 0.2) is 42.5 Å². The fourth-order valence-corrected chi connectivity index (χ4v) is 3.11. The highest BCUT2D eigenvalue weighted by molar-refractivity contribution is 6.06. The van der Waals surface area contributed by atoms with E-state index in [1.165, 1.54) is 13.2 Å². The lowest BCUT2D eigenvalue weighted by molar-refractivity contribution is -0.384. The number of methoxy groups -OCH3 is 1. The third-order valence-electron chi connectivity index (χ3n) is 4.81. The Bertz CT molecular complexity index is 921. The van der Waals surface area contributed by atoms with E-state index in [1.54, 1.807) is 12.1 Å². The van der Waals surface area contributed by atoms with Crippen molar-refractivity contribution in [1.82, 2.24) is 4.90 Å².